The number of allylic oxidation sites excluding steroid dienone is 2. The predicted molar refractivity (Wildman–Crippen MR) is 119 cm³/mol. The van der Waals surface area contributed by atoms with Crippen LogP contribution in [0.2, 0.25) is 0 Å². The minimum Gasteiger partial charge on any atom is -0.444 e. The molecular weight excluding hydrogens is 374 g/mol. The molecule has 0 heterocycles. The van der Waals surface area contributed by atoms with Crippen molar-refractivity contribution in [2.45, 2.75) is 105 Å². The summed E-state index contributed by atoms with van der Waals surface area (Å²) in [5.41, 5.74) is 1.11. The highest BCUT2D eigenvalue weighted by Crippen LogP contribution is 2.66. The van der Waals surface area contributed by atoms with Crippen molar-refractivity contribution in [3.63, 3.8) is 0 Å². The molecule has 4 aliphatic rings. The number of carbonyl (C=O) groups excluding carboxylic acids is 2. The summed E-state index contributed by atoms with van der Waals surface area (Å²) in [6.45, 7) is 12.7. The lowest BCUT2D eigenvalue weighted by molar-refractivity contribution is -0.116. The summed E-state index contributed by atoms with van der Waals surface area (Å²) in [6.07, 6.45) is 10.8. The van der Waals surface area contributed by atoms with Crippen molar-refractivity contribution in [3.05, 3.63) is 11.6 Å². The summed E-state index contributed by atoms with van der Waals surface area (Å²) in [4.78, 5) is 25.0. The third kappa shape index (κ3) is 3.52. The van der Waals surface area contributed by atoms with Crippen LogP contribution in [0.5, 0.6) is 0 Å². The van der Waals surface area contributed by atoms with Crippen LogP contribution in [0.3, 0.4) is 0 Å². The van der Waals surface area contributed by atoms with Gasteiger partial charge in [-0.3, -0.25) is 4.79 Å². The molecule has 0 saturated heterocycles. The first-order chi connectivity index (χ1) is 14.0. The van der Waals surface area contributed by atoms with Crippen molar-refractivity contribution in [2.24, 2.45) is 34.5 Å². The Balaban J connectivity index is 1.46. The van der Waals surface area contributed by atoms with Crippen molar-refractivity contribution in [3.8, 4) is 0 Å². The molecule has 4 nitrogen and oxygen atoms in total. The predicted octanol–water partition coefficient (Wildman–Crippen LogP) is 6.05. The lowest BCUT2D eigenvalue weighted by Crippen LogP contribution is -2.55. The van der Waals surface area contributed by atoms with Crippen LogP contribution < -0.4 is 5.32 Å². The van der Waals surface area contributed by atoms with Gasteiger partial charge >= 0.3 is 6.09 Å². The first kappa shape index (κ1) is 21.9. The van der Waals surface area contributed by atoms with Crippen LogP contribution in [0.25, 0.3) is 0 Å². The second-order valence-electron chi connectivity index (χ2n) is 12.1. The number of Topliss-reactive ketones (excluding diaryl/α,β-unsaturated/α-hetero) is 1. The van der Waals surface area contributed by atoms with E-state index >= 15 is 0 Å². The van der Waals surface area contributed by atoms with E-state index in [1.807, 2.05) is 27.7 Å². The first-order valence-electron chi connectivity index (χ1n) is 12.2. The Morgan fingerprint density at radius 3 is 2.50 bits per heavy atom. The summed E-state index contributed by atoms with van der Waals surface area (Å²) in [5, 5.41) is 3.15. The summed E-state index contributed by atoms with van der Waals surface area (Å²) in [5.74, 6) is 3.01. The second-order valence-corrected chi connectivity index (χ2v) is 12.1. The topological polar surface area (TPSA) is 55.4 Å². The number of alkyl carbamates (subject to hydrolysis) is 1. The van der Waals surface area contributed by atoms with Crippen molar-refractivity contribution in [1.29, 1.82) is 0 Å². The number of ether oxygens (including phenoxy) is 1. The smallest absolute Gasteiger partial charge is 0.407 e. The maximum Gasteiger partial charge on any atom is 0.407 e. The summed E-state index contributed by atoms with van der Waals surface area (Å²) < 4.78 is 5.49. The van der Waals surface area contributed by atoms with Crippen LogP contribution in [0.4, 0.5) is 4.79 Å². The third-order valence-electron chi connectivity index (χ3n) is 9.39. The van der Waals surface area contributed by atoms with Gasteiger partial charge in [-0.2, -0.15) is 0 Å². The molecule has 168 valence electrons. The average Bonchev–Trinajstić information content (AvgIpc) is 2.90. The van der Waals surface area contributed by atoms with Gasteiger partial charge in [0.1, 0.15) is 5.60 Å². The highest BCUT2D eigenvalue weighted by Gasteiger charge is 2.60. The van der Waals surface area contributed by atoms with Crippen molar-refractivity contribution in [2.75, 3.05) is 0 Å². The molecule has 4 aliphatic carbocycles. The molecule has 30 heavy (non-hydrogen) atoms. The van der Waals surface area contributed by atoms with E-state index < -0.39 is 5.60 Å². The molecule has 4 rings (SSSR count). The Hall–Kier alpha value is -1.32. The van der Waals surface area contributed by atoms with Gasteiger partial charge in [0.25, 0.3) is 0 Å². The molecule has 0 aromatic heterocycles. The van der Waals surface area contributed by atoms with Gasteiger partial charge in [0.2, 0.25) is 0 Å². The lowest BCUT2D eigenvalue weighted by atomic mass is 9.45. The number of carbonyl (C=O) groups is 2. The van der Waals surface area contributed by atoms with Crippen LogP contribution in [0, 0.1) is 34.5 Å². The third-order valence-corrected chi connectivity index (χ3v) is 9.39. The lowest BCUT2D eigenvalue weighted by Gasteiger charge is -2.60. The van der Waals surface area contributed by atoms with E-state index in [2.05, 4.69) is 25.2 Å². The largest absolute Gasteiger partial charge is 0.444 e. The standard InChI is InChI=1S/C26H41NO3/c1-7-19-22(28)15-21-18-9-8-16-14-17(27-23(29)30-24(2,3)4)10-12-25(16,5)20(18)11-13-26(19,21)6/h7,16-18,20-21H,8-15H2,1-6H3,(H,27,29)/b19-7-/t16?,17-,18?,20?,21?,25+,26-/m1/s1. The van der Waals surface area contributed by atoms with E-state index in [1.165, 1.54) is 25.7 Å². The number of hydrogen-bond acceptors (Lipinski definition) is 3. The highest BCUT2D eigenvalue weighted by atomic mass is 16.6. The maximum atomic E-state index is 12.7. The van der Waals surface area contributed by atoms with E-state index in [0.29, 0.717) is 29.0 Å². The van der Waals surface area contributed by atoms with Gasteiger partial charge in [-0.05, 0) is 113 Å². The SMILES string of the molecule is C/C=C1/C(=O)CC2C3CCC4C[C@H](NC(=O)OC(C)(C)C)CC[C@]4(C)C3CC[C@]12C. The van der Waals surface area contributed by atoms with Crippen LogP contribution in [-0.2, 0) is 9.53 Å². The van der Waals surface area contributed by atoms with Crippen molar-refractivity contribution < 1.29 is 14.3 Å². The van der Waals surface area contributed by atoms with Crippen LogP contribution in [-0.4, -0.2) is 23.5 Å². The fraction of sp³-hybridized carbons (Fsp3) is 0.846. The molecule has 4 saturated carbocycles. The average molecular weight is 416 g/mol. The van der Waals surface area contributed by atoms with Gasteiger partial charge in [0.05, 0.1) is 0 Å². The van der Waals surface area contributed by atoms with Crippen molar-refractivity contribution in [1.82, 2.24) is 5.32 Å². The minimum absolute atomic E-state index is 0.103. The molecule has 7 atom stereocenters. The maximum absolute atomic E-state index is 12.7. The molecule has 0 bridgehead atoms. The number of rotatable bonds is 1. The zero-order chi connectivity index (χ0) is 21.9. The summed E-state index contributed by atoms with van der Waals surface area (Å²) in [6, 6.07) is 0.228. The van der Waals surface area contributed by atoms with E-state index in [9.17, 15) is 9.59 Å². The zero-order valence-electron chi connectivity index (χ0n) is 19.8. The van der Waals surface area contributed by atoms with Gasteiger partial charge in [-0.25, -0.2) is 4.79 Å². The Morgan fingerprint density at radius 2 is 1.83 bits per heavy atom. The summed E-state index contributed by atoms with van der Waals surface area (Å²) >= 11 is 0. The molecule has 1 amide bonds. The fourth-order valence-electron chi connectivity index (χ4n) is 8.01. The Kier molecular flexibility index (Phi) is 5.38. The van der Waals surface area contributed by atoms with Crippen LogP contribution in [0.1, 0.15) is 92.9 Å². The Bertz CT molecular complexity index is 750. The molecule has 0 aliphatic heterocycles. The Labute approximate surface area is 182 Å². The number of nitrogens with one attached hydrogen (secondary N) is 1. The van der Waals surface area contributed by atoms with Gasteiger partial charge in [-0.15, -0.1) is 0 Å². The van der Waals surface area contributed by atoms with E-state index in [0.717, 1.165) is 37.2 Å². The Morgan fingerprint density at radius 1 is 1.10 bits per heavy atom. The molecule has 0 aromatic carbocycles. The molecular formula is C26H41NO3. The molecule has 1 N–H and O–H groups in total. The van der Waals surface area contributed by atoms with Gasteiger partial charge in [0.15, 0.2) is 5.78 Å². The number of ketones is 1. The van der Waals surface area contributed by atoms with Gasteiger partial charge < -0.3 is 10.1 Å². The molecule has 0 radical (unpaired) electrons. The quantitative estimate of drug-likeness (QED) is 0.531. The molecule has 4 fully saturated rings. The number of fused-ring (bicyclic) bond motifs is 5. The summed E-state index contributed by atoms with van der Waals surface area (Å²) in [7, 11) is 0. The van der Waals surface area contributed by atoms with Crippen molar-refractivity contribution >= 4 is 11.9 Å². The zero-order valence-corrected chi connectivity index (χ0v) is 19.8. The molecule has 4 unspecified atom stereocenters. The molecule has 0 aromatic rings. The normalized spacial score (nSPS) is 44.8. The van der Waals surface area contributed by atoms with Gasteiger partial charge in [0, 0.05) is 12.5 Å². The van der Waals surface area contributed by atoms with E-state index in [1.54, 1.807) is 0 Å². The molecule has 0 spiro atoms. The molecule has 4 heteroatoms. The van der Waals surface area contributed by atoms with Gasteiger partial charge in [-0.1, -0.05) is 19.9 Å². The van der Waals surface area contributed by atoms with Crippen LogP contribution >= 0.6 is 0 Å². The fourth-order valence-corrected chi connectivity index (χ4v) is 8.01. The van der Waals surface area contributed by atoms with Crippen LogP contribution in [0.15, 0.2) is 11.6 Å². The highest BCUT2D eigenvalue weighted by molar-refractivity contribution is 5.99. The first-order valence-corrected chi connectivity index (χ1v) is 12.2. The second kappa shape index (κ2) is 7.38. The number of amides is 1. The van der Waals surface area contributed by atoms with E-state index in [-0.39, 0.29) is 17.6 Å². The van der Waals surface area contributed by atoms with E-state index in [4.69, 9.17) is 4.74 Å². The monoisotopic (exact) mass is 415 g/mol. The minimum atomic E-state index is -0.454. The number of hydrogen-bond donors (Lipinski definition) is 1.